The lowest BCUT2D eigenvalue weighted by molar-refractivity contribution is 0.660. The van der Waals surface area contributed by atoms with Crippen molar-refractivity contribution in [3.05, 3.63) is 192 Å². The Morgan fingerprint density at radius 1 is 0.340 bits per heavy atom. The summed E-state index contributed by atoms with van der Waals surface area (Å²) in [5.41, 5.74) is 18.4. The van der Waals surface area contributed by atoms with E-state index in [1.807, 2.05) is 0 Å². The Morgan fingerprint density at radius 3 is 1.12 bits per heavy atom. The van der Waals surface area contributed by atoms with E-state index in [0.717, 1.165) is 34.1 Å². The third kappa shape index (κ3) is 5.67. The summed E-state index contributed by atoms with van der Waals surface area (Å²) in [4.78, 5) is 4.70. The van der Waals surface area contributed by atoms with Crippen LogP contribution in [-0.4, -0.2) is 0 Å². The summed E-state index contributed by atoms with van der Waals surface area (Å²) in [5.74, 6) is 0. The normalized spacial score (nSPS) is 12.7. The number of aryl methyl sites for hydroxylation is 3. The number of nitrogens with zero attached hydrogens (tertiary/aromatic N) is 2. The number of anilines is 6. The van der Waals surface area contributed by atoms with E-state index < -0.39 is 0 Å². The van der Waals surface area contributed by atoms with Crippen LogP contribution in [-0.2, 0) is 5.41 Å². The molecule has 0 fully saturated rings. The highest BCUT2D eigenvalue weighted by Crippen LogP contribution is 2.50. The van der Waals surface area contributed by atoms with Crippen molar-refractivity contribution in [2.75, 3.05) is 9.80 Å². The van der Waals surface area contributed by atoms with Gasteiger partial charge < -0.3 is 9.80 Å². The topological polar surface area (TPSA) is 6.48 Å². The van der Waals surface area contributed by atoms with E-state index in [-0.39, 0.29) is 5.41 Å². The smallest absolute Gasteiger partial charge is 0.0468 e. The molecule has 50 heavy (non-hydrogen) atoms. The van der Waals surface area contributed by atoms with Crippen LogP contribution in [0.4, 0.5) is 34.1 Å². The highest BCUT2D eigenvalue weighted by molar-refractivity contribution is 5.87. The maximum atomic E-state index is 2.38. The second kappa shape index (κ2) is 12.5. The van der Waals surface area contributed by atoms with Crippen molar-refractivity contribution in [2.24, 2.45) is 0 Å². The van der Waals surface area contributed by atoms with E-state index in [0.29, 0.717) is 0 Å². The van der Waals surface area contributed by atoms with Crippen LogP contribution in [0, 0.1) is 20.8 Å². The maximum absolute atomic E-state index is 2.38. The average Bonchev–Trinajstić information content (AvgIpc) is 3.37. The molecule has 0 saturated carbocycles. The number of rotatable bonds is 7. The largest absolute Gasteiger partial charge is 0.311 e. The minimum absolute atomic E-state index is 0.0202. The van der Waals surface area contributed by atoms with Gasteiger partial charge in [0.15, 0.2) is 0 Å². The Hall–Kier alpha value is -5.86. The lowest BCUT2D eigenvalue weighted by Gasteiger charge is -2.27. The number of fused-ring (bicyclic) bond motifs is 3. The zero-order valence-electron chi connectivity index (χ0n) is 29.5. The van der Waals surface area contributed by atoms with Gasteiger partial charge in [0.1, 0.15) is 0 Å². The van der Waals surface area contributed by atoms with Crippen LogP contribution in [0.15, 0.2) is 164 Å². The first-order chi connectivity index (χ1) is 24.3. The molecule has 0 aromatic heterocycles. The summed E-state index contributed by atoms with van der Waals surface area (Å²) >= 11 is 0. The molecule has 244 valence electrons. The molecule has 0 radical (unpaired) electrons. The van der Waals surface area contributed by atoms with Crippen molar-refractivity contribution in [1.29, 1.82) is 0 Å². The molecule has 7 aromatic rings. The maximum Gasteiger partial charge on any atom is 0.0468 e. The SMILES string of the molecule is Cc1ccc(N(c2ccc(C)cc2)c2ccc(-c3ccc(N(c4ccc(C)cc4)c4ccc5c(c4)-c4ccccc4C5(C)C)cc3)cc2)cc1. The minimum atomic E-state index is -0.0202. The number of hydrogen-bond donors (Lipinski definition) is 0. The van der Waals surface area contributed by atoms with Crippen LogP contribution >= 0.6 is 0 Å². The van der Waals surface area contributed by atoms with Gasteiger partial charge in [-0.05, 0) is 127 Å². The predicted molar refractivity (Wildman–Crippen MR) is 213 cm³/mol. The molecule has 0 heterocycles. The van der Waals surface area contributed by atoms with E-state index in [2.05, 4.69) is 208 Å². The molecule has 7 aromatic carbocycles. The molecule has 8 rings (SSSR count). The first kappa shape index (κ1) is 31.4. The third-order valence-corrected chi connectivity index (χ3v) is 10.3. The lowest BCUT2D eigenvalue weighted by Crippen LogP contribution is -2.15. The molecular weight excluding hydrogens is 605 g/mol. The first-order valence-electron chi connectivity index (χ1n) is 17.5. The van der Waals surface area contributed by atoms with Crippen LogP contribution in [0.25, 0.3) is 22.3 Å². The van der Waals surface area contributed by atoms with Gasteiger partial charge in [-0.15, -0.1) is 0 Å². The first-order valence-corrected chi connectivity index (χ1v) is 17.5. The highest BCUT2D eigenvalue weighted by atomic mass is 15.1. The lowest BCUT2D eigenvalue weighted by atomic mass is 9.82. The fourth-order valence-corrected chi connectivity index (χ4v) is 7.43. The van der Waals surface area contributed by atoms with Gasteiger partial charge in [-0.2, -0.15) is 0 Å². The fourth-order valence-electron chi connectivity index (χ4n) is 7.43. The molecule has 0 N–H and O–H groups in total. The van der Waals surface area contributed by atoms with Crippen molar-refractivity contribution >= 4 is 34.1 Å². The Bertz CT molecular complexity index is 2230. The van der Waals surface area contributed by atoms with E-state index in [4.69, 9.17) is 0 Å². The van der Waals surface area contributed by atoms with E-state index in [9.17, 15) is 0 Å². The Kier molecular flexibility index (Phi) is 7.88. The van der Waals surface area contributed by atoms with Gasteiger partial charge in [0.25, 0.3) is 0 Å². The third-order valence-electron chi connectivity index (χ3n) is 10.3. The van der Waals surface area contributed by atoms with Crippen LogP contribution in [0.2, 0.25) is 0 Å². The van der Waals surface area contributed by atoms with Crippen LogP contribution < -0.4 is 9.80 Å². The Balaban J connectivity index is 1.14. The summed E-state index contributed by atoms with van der Waals surface area (Å²) in [6.45, 7) is 11.1. The van der Waals surface area contributed by atoms with Gasteiger partial charge in [-0.1, -0.05) is 122 Å². The molecule has 0 bridgehead atoms. The molecule has 1 aliphatic carbocycles. The Labute approximate surface area is 296 Å². The predicted octanol–water partition coefficient (Wildman–Crippen LogP) is 13.5. The molecule has 1 aliphatic rings. The quantitative estimate of drug-likeness (QED) is 0.170. The van der Waals surface area contributed by atoms with Gasteiger partial charge in [-0.3, -0.25) is 0 Å². The molecule has 0 saturated heterocycles. The van der Waals surface area contributed by atoms with Crippen LogP contribution in [0.1, 0.15) is 41.7 Å². The number of hydrogen-bond acceptors (Lipinski definition) is 2. The Morgan fingerprint density at radius 2 is 0.680 bits per heavy atom. The zero-order valence-corrected chi connectivity index (χ0v) is 29.5. The molecule has 0 atom stereocenters. The highest BCUT2D eigenvalue weighted by Gasteiger charge is 2.35. The van der Waals surface area contributed by atoms with Crippen LogP contribution in [0.5, 0.6) is 0 Å². The fraction of sp³-hybridized carbons (Fsp3) is 0.125. The van der Waals surface area contributed by atoms with Crippen molar-refractivity contribution in [3.8, 4) is 22.3 Å². The summed E-state index contributed by atoms with van der Waals surface area (Å²) in [7, 11) is 0. The van der Waals surface area contributed by atoms with Crippen molar-refractivity contribution in [3.63, 3.8) is 0 Å². The van der Waals surface area contributed by atoms with Crippen LogP contribution in [0.3, 0.4) is 0 Å². The van der Waals surface area contributed by atoms with Gasteiger partial charge in [0.2, 0.25) is 0 Å². The molecular formula is C48H42N2. The van der Waals surface area contributed by atoms with Gasteiger partial charge in [-0.25, -0.2) is 0 Å². The average molecular weight is 647 g/mol. The van der Waals surface area contributed by atoms with Gasteiger partial charge in [0, 0.05) is 39.5 Å². The molecule has 0 amide bonds. The zero-order chi connectivity index (χ0) is 34.4. The molecule has 2 heteroatoms. The van der Waals surface area contributed by atoms with Crippen molar-refractivity contribution in [1.82, 2.24) is 0 Å². The monoisotopic (exact) mass is 646 g/mol. The van der Waals surface area contributed by atoms with Gasteiger partial charge in [0.05, 0.1) is 0 Å². The van der Waals surface area contributed by atoms with E-state index >= 15 is 0 Å². The second-order valence-corrected chi connectivity index (χ2v) is 14.2. The summed E-state index contributed by atoms with van der Waals surface area (Å²) in [6.07, 6.45) is 0. The molecule has 0 spiro atoms. The summed E-state index contributed by atoms with van der Waals surface area (Å²) in [6, 6.07) is 60.1. The minimum Gasteiger partial charge on any atom is -0.311 e. The standard InChI is InChI=1S/C48H42N2/c1-33-10-20-38(21-11-33)49(39-22-12-34(2)13-23-39)41-26-16-36(17-27-41)37-18-28-42(29-19-37)50(40-24-14-35(3)15-25-40)43-30-31-47-45(32-43)44-8-6-7-9-46(44)48(47,4)5/h6-32H,1-5H3. The molecule has 2 nitrogen and oxygen atoms in total. The summed E-state index contributed by atoms with van der Waals surface area (Å²) in [5, 5.41) is 0. The molecule has 0 unspecified atom stereocenters. The van der Waals surface area contributed by atoms with Gasteiger partial charge >= 0.3 is 0 Å². The van der Waals surface area contributed by atoms with E-state index in [1.165, 1.54) is 50.1 Å². The summed E-state index contributed by atoms with van der Waals surface area (Å²) < 4.78 is 0. The van der Waals surface area contributed by atoms with E-state index in [1.54, 1.807) is 0 Å². The number of benzene rings is 7. The molecule has 0 aliphatic heterocycles. The van der Waals surface area contributed by atoms with Crippen molar-refractivity contribution < 1.29 is 0 Å². The second-order valence-electron chi connectivity index (χ2n) is 14.2. The van der Waals surface area contributed by atoms with Crippen molar-refractivity contribution in [2.45, 2.75) is 40.0 Å².